The second-order valence-corrected chi connectivity index (χ2v) is 7.90. The Balaban J connectivity index is 1.82. The van der Waals surface area contributed by atoms with E-state index in [9.17, 15) is 0 Å². The highest BCUT2D eigenvalue weighted by atomic mass is 16.7. The number of pyridine rings is 1. The van der Waals surface area contributed by atoms with Gasteiger partial charge in [0.15, 0.2) is 5.60 Å². The Bertz CT molecular complexity index is 1020. The van der Waals surface area contributed by atoms with Crippen molar-refractivity contribution in [3.05, 3.63) is 77.0 Å². The van der Waals surface area contributed by atoms with Gasteiger partial charge in [0.1, 0.15) is 0 Å². The maximum Gasteiger partial charge on any atom is 0.187 e. The van der Waals surface area contributed by atoms with Crippen LogP contribution in [0.25, 0.3) is 10.9 Å². The number of para-hydroxylation sites is 1. The van der Waals surface area contributed by atoms with Gasteiger partial charge in [0, 0.05) is 10.9 Å². The summed E-state index contributed by atoms with van der Waals surface area (Å²) in [7, 11) is 0. The van der Waals surface area contributed by atoms with Crippen LogP contribution >= 0.6 is 0 Å². The molecule has 2 aromatic carbocycles. The first-order chi connectivity index (χ1) is 12.3. The molecule has 0 saturated carbocycles. The first-order valence-corrected chi connectivity index (χ1v) is 9.03. The number of rotatable bonds is 2. The molecule has 0 fully saturated rings. The van der Waals surface area contributed by atoms with E-state index in [1.165, 1.54) is 5.56 Å². The van der Waals surface area contributed by atoms with Crippen molar-refractivity contribution in [3.8, 4) is 0 Å². The highest BCUT2D eigenvalue weighted by Gasteiger charge is 2.55. The second kappa shape index (κ2) is 5.66. The summed E-state index contributed by atoms with van der Waals surface area (Å²) >= 11 is 0. The van der Waals surface area contributed by atoms with Crippen molar-refractivity contribution in [3.63, 3.8) is 0 Å². The highest BCUT2D eigenvalue weighted by molar-refractivity contribution is 6.05. The Morgan fingerprint density at radius 1 is 0.885 bits per heavy atom. The zero-order chi connectivity index (χ0) is 18.5. The van der Waals surface area contributed by atoms with Crippen molar-refractivity contribution in [2.24, 2.45) is 10.6 Å². The van der Waals surface area contributed by atoms with Gasteiger partial charge in [-0.1, -0.05) is 53.2 Å². The molecule has 132 valence electrons. The predicted molar refractivity (Wildman–Crippen MR) is 106 cm³/mol. The number of benzene rings is 2. The molecule has 1 atom stereocenters. The van der Waals surface area contributed by atoms with Gasteiger partial charge in [-0.05, 0) is 52.3 Å². The van der Waals surface area contributed by atoms with Crippen molar-refractivity contribution in [2.45, 2.75) is 40.2 Å². The summed E-state index contributed by atoms with van der Waals surface area (Å²) in [6, 6.07) is 18.8. The van der Waals surface area contributed by atoms with Crippen LogP contribution in [0.1, 0.15) is 43.2 Å². The summed E-state index contributed by atoms with van der Waals surface area (Å²) in [5, 5.41) is 5.66. The quantitative estimate of drug-likeness (QED) is 0.613. The molecule has 1 aliphatic rings. The van der Waals surface area contributed by atoms with Gasteiger partial charge in [0.2, 0.25) is 0 Å². The molecule has 3 nitrogen and oxygen atoms in total. The monoisotopic (exact) mass is 344 g/mol. The van der Waals surface area contributed by atoms with Crippen LogP contribution in [-0.2, 0) is 10.4 Å². The lowest BCUT2D eigenvalue weighted by atomic mass is 9.68. The molecule has 1 aromatic heterocycles. The molecule has 0 bridgehead atoms. The molecular formula is C23H24N2O. The van der Waals surface area contributed by atoms with Gasteiger partial charge >= 0.3 is 0 Å². The topological polar surface area (TPSA) is 34.5 Å². The number of aromatic nitrogens is 1. The average Bonchev–Trinajstić information content (AvgIpc) is 2.85. The first kappa shape index (κ1) is 16.8. The smallest absolute Gasteiger partial charge is 0.187 e. The third-order valence-corrected chi connectivity index (χ3v) is 5.80. The van der Waals surface area contributed by atoms with Crippen LogP contribution in [0.4, 0.5) is 0 Å². The molecule has 3 heteroatoms. The van der Waals surface area contributed by atoms with E-state index in [2.05, 4.69) is 76.2 Å². The molecule has 0 amide bonds. The van der Waals surface area contributed by atoms with E-state index in [4.69, 9.17) is 9.82 Å². The normalized spacial score (nSPS) is 21.5. The Hall–Kier alpha value is -2.68. The number of nitrogens with zero attached hydrogens (tertiary/aromatic N) is 2. The molecule has 2 heterocycles. The van der Waals surface area contributed by atoms with Crippen LogP contribution in [0.5, 0.6) is 0 Å². The van der Waals surface area contributed by atoms with Gasteiger partial charge in [-0.15, -0.1) is 0 Å². The van der Waals surface area contributed by atoms with E-state index in [0.29, 0.717) is 0 Å². The van der Waals surface area contributed by atoms with E-state index in [1.54, 1.807) is 0 Å². The Morgan fingerprint density at radius 3 is 2.31 bits per heavy atom. The summed E-state index contributed by atoms with van der Waals surface area (Å²) in [4.78, 5) is 11.1. The zero-order valence-corrected chi connectivity index (χ0v) is 16.0. The van der Waals surface area contributed by atoms with Crippen LogP contribution in [-0.4, -0.2) is 10.7 Å². The van der Waals surface area contributed by atoms with E-state index in [0.717, 1.165) is 33.4 Å². The highest BCUT2D eigenvalue weighted by Crippen LogP contribution is 2.50. The number of oxime groups is 1. The van der Waals surface area contributed by atoms with Crippen molar-refractivity contribution < 1.29 is 4.84 Å². The van der Waals surface area contributed by atoms with Gasteiger partial charge in [0.25, 0.3) is 0 Å². The van der Waals surface area contributed by atoms with Crippen molar-refractivity contribution in [1.29, 1.82) is 0 Å². The summed E-state index contributed by atoms with van der Waals surface area (Å²) in [5.41, 5.74) is 5.42. The fourth-order valence-corrected chi connectivity index (χ4v) is 3.76. The van der Waals surface area contributed by atoms with Crippen molar-refractivity contribution in [1.82, 2.24) is 4.98 Å². The SMILES string of the molecule is Cc1ccc(C2=NOC(C)(c3nc4ccccc4cc3C)C2(C)C)cc1. The standard InChI is InChI=1S/C23H24N2O/c1-15-10-12-17(13-11-15)21-22(3,4)23(5,26-25-21)20-16(2)14-18-8-6-7-9-19(18)24-20/h6-14H,1-5H3. The Morgan fingerprint density at radius 2 is 1.58 bits per heavy atom. The largest absolute Gasteiger partial charge is 0.382 e. The van der Waals surface area contributed by atoms with E-state index in [-0.39, 0.29) is 5.41 Å². The lowest BCUT2D eigenvalue weighted by Gasteiger charge is -2.36. The molecule has 0 N–H and O–H groups in total. The summed E-state index contributed by atoms with van der Waals surface area (Å²) < 4.78 is 0. The van der Waals surface area contributed by atoms with Crippen LogP contribution in [0, 0.1) is 19.3 Å². The van der Waals surface area contributed by atoms with Gasteiger partial charge in [-0.2, -0.15) is 0 Å². The molecule has 0 radical (unpaired) electrons. The number of hydrogen-bond donors (Lipinski definition) is 0. The molecule has 1 aliphatic heterocycles. The zero-order valence-electron chi connectivity index (χ0n) is 16.0. The van der Waals surface area contributed by atoms with Gasteiger partial charge < -0.3 is 4.84 Å². The summed E-state index contributed by atoms with van der Waals surface area (Å²) in [5.74, 6) is 0. The number of fused-ring (bicyclic) bond motifs is 1. The fourth-order valence-electron chi connectivity index (χ4n) is 3.76. The lowest BCUT2D eigenvalue weighted by Crippen LogP contribution is -2.42. The van der Waals surface area contributed by atoms with E-state index < -0.39 is 5.60 Å². The van der Waals surface area contributed by atoms with E-state index >= 15 is 0 Å². The van der Waals surface area contributed by atoms with Gasteiger partial charge in [-0.25, -0.2) is 4.98 Å². The number of hydrogen-bond acceptors (Lipinski definition) is 3. The minimum Gasteiger partial charge on any atom is -0.382 e. The minimum absolute atomic E-state index is 0.317. The Labute approximate surface area is 154 Å². The van der Waals surface area contributed by atoms with Crippen LogP contribution in [0.2, 0.25) is 0 Å². The second-order valence-electron chi connectivity index (χ2n) is 7.90. The maximum absolute atomic E-state index is 6.09. The third-order valence-electron chi connectivity index (χ3n) is 5.80. The molecule has 26 heavy (non-hydrogen) atoms. The number of aryl methyl sites for hydroxylation is 2. The van der Waals surface area contributed by atoms with Crippen LogP contribution in [0.15, 0.2) is 59.8 Å². The first-order valence-electron chi connectivity index (χ1n) is 9.03. The molecule has 0 aliphatic carbocycles. The molecule has 4 rings (SSSR count). The molecule has 1 unspecified atom stereocenters. The average molecular weight is 344 g/mol. The third kappa shape index (κ3) is 2.34. The lowest BCUT2D eigenvalue weighted by molar-refractivity contribution is -0.0656. The van der Waals surface area contributed by atoms with Crippen molar-refractivity contribution in [2.75, 3.05) is 0 Å². The summed E-state index contributed by atoms with van der Waals surface area (Å²) in [6.45, 7) is 10.7. The Kier molecular flexibility index (Phi) is 3.65. The van der Waals surface area contributed by atoms with Gasteiger partial charge in [-0.3, -0.25) is 0 Å². The molecular weight excluding hydrogens is 320 g/mol. The van der Waals surface area contributed by atoms with Gasteiger partial charge in [0.05, 0.1) is 22.3 Å². The fraction of sp³-hybridized carbons (Fsp3) is 0.304. The summed E-state index contributed by atoms with van der Waals surface area (Å²) in [6.07, 6.45) is 0. The van der Waals surface area contributed by atoms with Crippen LogP contribution < -0.4 is 0 Å². The maximum atomic E-state index is 6.09. The van der Waals surface area contributed by atoms with E-state index in [1.807, 2.05) is 18.2 Å². The minimum atomic E-state index is -0.624. The molecule has 3 aromatic rings. The molecule has 0 spiro atoms. The molecule has 0 saturated heterocycles. The predicted octanol–water partition coefficient (Wildman–Crippen LogP) is 5.53. The van der Waals surface area contributed by atoms with Crippen molar-refractivity contribution >= 4 is 16.6 Å². The van der Waals surface area contributed by atoms with Crippen LogP contribution in [0.3, 0.4) is 0 Å².